The number of amides is 1. The molecule has 1 heterocycles. The predicted octanol–water partition coefficient (Wildman–Crippen LogP) is 4.71. The maximum Gasteiger partial charge on any atom is 0.259 e. The summed E-state index contributed by atoms with van der Waals surface area (Å²) in [6.07, 6.45) is 1.77. The molecule has 0 saturated carbocycles. The Morgan fingerprint density at radius 3 is 2.64 bits per heavy atom. The highest BCUT2D eigenvalue weighted by molar-refractivity contribution is 7.15. The smallest absolute Gasteiger partial charge is 0.259 e. The lowest BCUT2D eigenvalue weighted by molar-refractivity contribution is -0.126. The van der Waals surface area contributed by atoms with E-state index in [2.05, 4.69) is 10.3 Å². The van der Waals surface area contributed by atoms with Gasteiger partial charge in [-0.15, -0.1) is 11.3 Å². The minimum absolute atomic E-state index is 0.243. The van der Waals surface area contributed by atoms with E-state index in [1.54, 1.807) is 6.20 Å². The van der Waals surface area contributed by atoms with Crippen LogP contribution in [0.5, 0.6) is 0 Å². The molecule has 3 aromatic rings. The Kier molecular flexibility index (Phi) is 5.81. The van der Waals surface area contributed by atoms with Crippen LogP contribution in [0.1, 0.15) is 22.1 Å². The van der Waals surface area contributed by atoms with E-state index in [0.717, 1.165) is 21.0 Å². The first-order valence-electron chi connectivity index (χ1n) is 7.74. The molecule has 0 radical (unpaired) electrons. The van der Waals surface area contributed by atoms with Gasteiger partial charge in [0.05, 0.1) is 0 Å². The van der Waals surface area contributed by atoms with Gasteiger partial charge >= 0.3 is 0 Å². The fraction of sp³-hybridized carbons (Fsp3) is 0.158. The molecule has 4 nitrogen and oxygen atoms in total. The second kappa shape index (κ2) is 8.25. The third kappa shape index (κ3) is 4.45. The molecule has 2 aromatic carbocycles. The van der Waals surface area contributed by atoms with E-state index in [-0.39, 0.29) is 5.91 Å². The Labute approximate surface area is 155 Å². The first-order valence-corrected chi connectivity index (χ1v) is 8.93. The maximum atomic E-state index is 12.5. The molecular formula is C19H17ClN2O2S. The third-order valence-electron chi connectivity index (χ3n) is 3.68. The van der Waals surface area contributed by atoms with Gasteiger partial charge in [-0.3, -0.25) is 10.1 Å². The highest BCUT2D eigenvalue weighted by Crippen LogP contribution is 2.26. The van der Waals surface area contributed by atoms with Gasteiger partial charge in [-0.05, 0) is 17.2 Å². The van der Waals surface area contributed by atoms with Crippen LogP contribution in [0.2, 0.25) is 5.02 Å². The molecule has 0 unspecified atom stereocenters. The number of rotatable bonds is 6. The van der Waals surface area contributed by atoms with Crippen molar-refractivity contribution in [2.45, 2.75) is 12.5 Å². The summed E-state index contributed by atoms with van der Waals surface area (Å²) in [5.41, 5.74) is 1.83. The first-order chi connectivity index (χ1) is 12.2. The molecule has 0 bridgehead atoms. The first kappa shape index (κ1) is 17.6. The van der Waals surface area contributed by atoms with Gasteiger partial charge in [0.15, 0.2) is 11.2 Å². The van der Waals surface area contributed by atoms with Crippen LogP contribution in [0.25, 0.3) is 0 Å². The van der Waals surface area contributed by atoms with E-state index in [1.165, 1.54) is 18.4 Å². The number of benzene rings is 2. The lowest BCUT2D eigenvalue weighted by atomic mass is 10.1. The van der Waals surface area contributed by atoms with E-state index in [1.807, 2.05) is 54.6 Å². The van der Waals surface area contributed by atoms with E-state index in [9.17, 15) is 4.79 Å². The molecule has 0 aliphatic carbocycles. The van der Waals surface area contributed by atoms with Crippen LogP contribution in [0.3, 0.4) is 0 Å². The summed E-state index contributed by atoms with van der Waals surface area (Å²) in [6.45, 7) is 0. The minimum Gasteiger partial charge on any atom is -0.367 e. The molecule has 0 aliphatic rings. The van der Waals surface area contributed by atoms with Crippen molar-refractivity contribution < 1.29 is 9.53 Å². The quantitative estimate of drug-likeness (QED) is 0.681. The average Bonchev–Trinajstić information content (AvgIpc) is 3.05. The molecule has 25 heavy (non-hydrogen) atoms. The Morgan fingerprint density at radius 2 is 1.92 bits per heavy atom. The Balaban J connectivity index is 1.68. The molecule has 1 atom stereocenters. The highest BCUT2D eigenvalue weighted by Gasteiger charge is 2.21. The summed E-state index contributed by atoms with van der Waals surface area (Å²) < 4.78 is 5.34. The summed E-state index contributed by atoms with van der Waals surface area (Å²) >= 11 is 7.62. The molecule has 1 aromatic heterocycles. The zero-order valence-electron chi connectivity index (χ0n) is 13.6. The fourth-order valence-electron chi connectivity index (χ4n) is 2.47. The van der Waals surface area contributed by atoms with Gasteiger partial charge in [0.25, 0.3) is 5.91 Å². The van der Waals surface area contributed by atoms with Gasteiger partial charge in [0, 0.05) is 29.6 Å². The Bertz CT molecular complexity index is 851. The topological polar surface area (TPSA) is 51.2 Å². The second-order valence-electron chi connectivity index (χ2n) is 5.42. The minimum atomic E-state index is -0.669. The molecule has 0 spiro atoms. The van der Waals surface area contributed by atoms with Gasteiger partial charge in [0.2, 0.25) is 0 Å². The average molecular weight is 373 g/mol. The summed E-state index contributed by atoms with van der Waals surface area (Å²) in [5, 5.41) is 4.10. The number of hydrogen-bond donors (Lipinski definition) is 1. The number of halogens is 1. The van der Waals surface area contributed by atoms with Crippen molar-refractivity contribution in [3.05, 3.63) is 81.8 Å². The zero-order chi connectivity index (χ0) is 17.6. The van der Waals surface area contributed by atoms with E-state index in [0.29, 0.717) is 11.6 Å². The number of thiazole rings is 1. The molecular weight excluding hydrogens is 356 g/mol. The van der Waals surface area contributed by atoms with E-state index >= 15 is 0 Å². The van der Waals surface area contributed by atoms with Crippen molar-refractivity contribution in [3.63, 3.8) is 0 Å². The molecule has 6 heteroatoms. The molecule has 1 N–H and O–H groups in total. The molecule has 3 rings (SSSR count). The van der Waals surface area contributed by atoms with Crippen LogP contribution >= 0.6 is 22.9 Å². The highest BCUT2D eigenvalue weighted by atomic mass is 35.5. The van der Waals surface area contributed by atoms with Crippen molar-refractivity contribution in [3.8, 4) is 0 Å². The van der Waals surface area contributed by atoms with Crippen LogP contribution in [-0.4, -0.2) is 18.0 Å². The predicted molar refractivity (Wildman–Crippen MR) is 101 cm³/mol. The number of aromatic nitrogens is 1. The number of methoxy groups -OCH3 is 1. The van der Waals surface area contributed by atoms with Gasteiger partial charge < -0.3 is 4.74 Å². The lowest BCUT2D eigenvalue weighted by Gasteiger charge is -2.14. The number of nitrogens with zero attached hydrogens (tertiary/aromatic N) is 1. The monoisotopic (exact) mass is 372 g/mol. The molecule has 128 valence electrons. The number of hydrogen-bond acceptors (Lipinski definition) is 4. The summed E-state index contributed by atoms with van der Waals surface area (Å²) in [5.74, 6) is -0.243. The van der Waals surface area contributed by atoms with Crippen molar-refractivity contribution >= 4 is 34.0 Å². The van der Waals surface area contributed by atoms with Crippen LogP contribution in [0, 0.1) is 0 Å². The molecule has 0 saturated heterocycles. The number of nitrogens with one attached hydrogen (secondary N) is 1. The van der Waals surface area contributed by atoms with Gasteiger partial charge in [-0.1, -0.05) is 60.1 Å². The fourth-order valence-corrected chi connectivity index (χ4v) is 3.51. The SMILES string of the molecule is CO[C@@H](C(=O)Nc1ncc(Cc2ccccc2Cl)s1)c1ccccc1. The summed E-state index contributed by atoms with van der Waals surface area (Å²) in [7, 11) is 1.52. The van der Waals surface area contributed by atoms with Crippen LogP contribution in [0.15, 0.2) is 60.8 Å². The number of anilines is 1. The van der Waals surface area contributed by atoms with E-state index < -0.39 is 6.10 Å². The van der Waals surface area contributed by atoms with Crippen molar-refractivity contribution in [2.75, 3.05) is 12.4 Å². The van der Waals surface area contributed by atoms with Gasteiger partial charge in [0.1, 0.15) is 0 Å². The summed E-state index contributed by atoms with van der Waals surface area (Å²) in [4.78, 5) is 17.8. The summed E-state index contributed by atoms with van der Waals surface area (Å²) in [6, 6.07) is 17.1. The molecule has 0 fully saturated rings. The van der Waals surface area contributed by atoms with Gasteiger partial charge in [-0.2, -0.15) is 0 Å². The van der Waals surface area contributed by atoms with E-state index in [4.69, 9.17) is 16.3 Å². The number of carbonyl (C=O) groups is 1. The van der Waals surface area contributed by atoms with Crippen molar-refractivity contribution in [1.82, 2.24) is 4.98 Å². The zero-order valence-corrected chi connectivity index (χ0v) is 15.2. The largest absolute Gasteiger partial charge is 0.367 e. The number of ether oxygens (including phenoxy) is 1. The standard InChI is InChI=1S/C19H17ClN2O2S/c1-24-17(13-7-3-2-4-8-13)18(23)22-19-21-12-15(25-19)11-14-9-5-6-10-16(14)20/h2-10,12,17H,11H2,1H3,(H,21,22,23)/t17-/m1/s1. The molecule has 1 amide bonds. The van der Waals surface area contributed by atoms with Gasteiger partial charge in [-0.25, -0.2) is 4.98 Å². The lowest BCUT2D eigenvalue weighted by Crippen LogP contribution is -2.22. The van der Waals surface area contributed by atoms with Crippen molar-refractivity contribution in [1.29, 1.82) is 0 Å². The second-order valence-corrected chi connectivity index (χ2v) is 6.94. The molecule has 0 aliphatic heterocycles. The maximum absolute atomic E-state index is 12.5. The van der Waals surface area contributed by atoms with Crippen LogP contribution in [0.4, 0.5) is 5.13 Å². The van der Waals surface area contributed by atoms with Crippen LogP contribution in [-0.2, 0) is 16.0 Å². The third-order valence-corrected chi connectivity index (χ3v) is 4.96. The van der Waals surface area contributed by atoms with Crippen molar-refractivity contribution in [2.24, 2.45) is 0 Å². The Morgan fingerprint density at radius 1 is 1.20 bits per heavy atom. The normalized spacial score (nSPS) is 11.9. The number of carbonyl (C=O) groups excluding carboxylic acids is 1. The Hall–Kier alpha value is -2.21. The van der Waals surface area contributed by atoms with Crippen LogP contribution < -0.4 is 5.32 Å².